The first-order valence-electron chi connectivity index (χ1n) is 12.5. The molecule has 0 saturated heterocycles. The number of carbonyl (C=O) groups excluding carboxylic acids is 2. The highest BCUT2D eigenvalue weighted by molar-refractivity contribution is 6.19. The van der Waals surface area contributed by atoms with Gasteiger partial charge in [0.25, 0.3) is 11.8 Å². The largest absolute Gasteiger partial charge is 0.326 e. The van der Waals surface area contributed by atoms with Gasteiger partial charge in [0.15, 0.2) is 17.3 Å². The van der Waals surface area contributed by atoms with Gasteiger partial charge in [0.2, 0.25) is 0 Å². The number of imidazole rings is 1. The van der Waals surface area contributed by atoms with E-state index in [9.17, 15) is 23.6 Å². The van der Waals surface area contributed by atoms with Crippen molar-refractivity contribution in [2.24, 2.45) is 7.05 Å². The standard InChI is InChI=1S/C30H24F3N5O2/c1-6-37-29(39)20(15(2)21(14-34)30(37)40)12-19-13-22-27(38(19)18-10-8-7-9-11-18)35-28(36(22)5)23-16(3)25(32)26(33)17(4)24(23)31/h7-13H,6H2,1-5H3/b20-12-. The molecule has 202 valence electrons. The number of amides is 2. The molecular formula is C30H24F3N5O2. The molecule has 7 nitrogen and oxygen atoms in total. The average Bonchev–Trinajstić information content (AvgIpc) is 3.45. The molecular weight excluding hydrogens is 519 g/mol. The van der Waals surface area contributed by atoms with Crippen LogP contribution in [0.3, 0.4) is 0 Å². The van der Waals surface area contributed by atoms with Crippen LogP contribution in [0, 0.1) is 42.6 Å². The van der Waals surface area contributed by atoms with Crippen LogP contribution in [0.25, 0.3) is 34.3 Å². The van der Waals surface area contributed by atoms with E-state index in [0.717, 1.165) is 4.90 Å². The number of hydrogen-bond donors (Lipinski definition) is 0. The van der Waals surface area contributed by atoms with E-state index in [1.54, 1.807) is 42.2 Å². The van der Waals surface area contributed by atoms with E-state index in [-0.39, 0.29) is 40.2 Å². The van der Waals surface area contributed by atoms with Crippen LogP contribution in [0.5, 0.6) is 0 Å². The number of halogens is 3. The van der Waals surface area contributed by atoms with Crippen molar-refractivity contribution in [3.63, 3.8) is 0 Å². The number of aryl methyl sites for hydroxylation is 1. The summed E-state index contributed by atoms with van der Waals surface area (Å²) in [5.74, 6) is -4.35. The molecule has 0 N–H and O–H groups in total. The van der Waals surface area contributed by atoms with Gasteiger partial charge in [-0.1, -0.05) is 18.2 Å². The molecule has 2 amide bonds. The van der Waals surface area contributed by atoms with Gasteiger partial charge in [-0.3, -0.25) is 19.1 Å². The van der Waals surface area contributed by atoms with Crippen molar-refractivity contribution in [2.75, 3.05) is 6.54 Å². The lowest BCUT2D eigenvalue weighted by molar-refractivity contribution is -0.140. The van der Waals surface area contributed by atoms with Crippen molar-refractivity contribution in [1.29, 1.82) is 5.26 Å². The van der Waals surface area contributed by atoms with Crippen molar-refractivity contribution in [1.82, 2.24) is 19.0 Å². The molecule has 2 aromatic heterocycles. The molecule has 10 heteroatoms. The Bertz CT molecular complexity index is 1830. The Morgan fingerprint density at radius 1 is 0.975 bits per heavy atom. The number of carbonyl (C=O) groups is 2. The summed E-state index contributed by atoms with van der Waals surface area (Å²) in [5, 5.41) is 9.61. The molecule has 0 bridgehead atoms. The Morgan fingerprint density at radius 3 is 2.25 bits per heavy atom. The summed E-state index contributed by atoms with van der Waals surface area (Å²) in [5.41, 5.74) is 1.62. The van der Waals surface area contributed by atoms with Crippen molar-refractivity contribution < 1.29 is 22.8 Å². The Hall–Kier alpha value is -4.91. The van der Waals surface area contributed by atoms with Gasteiger partial charge in [0.1, 0.15) is 23.3 Å². The molecule has 0 unspecified atom stereocenters. The highest BCUT2D eigenvalue weighted by Gasteiger charge is 2.35. The van der Waals surface area contributed by atoms with Crippen molar-refractivity contribution in [3.8, 4) is 23.1 Å². The van der Waals surface area contributed by atoms with Crippen molar-refractivity contribution in [2.45, 2.75) is 27.7 Å². The molecule has 5 rings (SSSR count). The van der Waals surface area contributed by atoms with E-state index >= 15 is 4.39 Å². The van der Waals surface area contributed by atoms with E-state index in [1.165, 1.54) is 13.8 Å². The summed E-state index contributed by atoms with van der Waals surface area (Å²) >= 11 is 0. The molecule has 1 aliphatic heterocycles. The van der Waals surface area contributed by atoms with Gasteiger partial charge in [-0.05, 0) is 57.5 Å². The van der Waals surface area contributed by atoms with Crippen LogP contribution >= 0.6 is 0 Å². The summed E-state index contributed by atoms with van der Waals surface area (Å²) < 4.78 is 47.5. The summed E-state index contributed by atoms with van der Waals surface area (Å²) in [4.78, 5) is 31.6. The summed E-state index contributed by atoms with van der Waals surface area (Å²) in [6, 6.07) is 12.7. The number of hydrogen-bond acceptors (Lipinski definition) is 4. The zero-order valence-corrected chi connectivity index (χ0v) is 22.4. The normalized spacial score (nSPS) is 15.1. The van der Waals surface area contributed by atoms with Gasteiger partial charge in [0, 0.05) is 36.0 Å². The predicted octanol–water partition coefficient (Wildman–Crippen LogP) is 5.68. The number of likely N-dealkylation sites (N-methyl/N-ethyl adjacent to an activating group) is 1. The summed E-state index contributed by atoms with van der Waals surface area (Å²) in [7, 11) is 1.63. The third-order valence-electron chi connectivity index (χ3n) is 7.32. The summed E-state index contributed by atoms with van der Waals surface area (Å²) in [6.45, 7) is 5.77. The Balaban J connectivity index is 1.82. The van der Waals surface area contributed by atoms with Crippen LogP contribution in [0.2, 0.25) is 0 Å². The van der Waals surface area contributed by atoms with Crippen LogP contribution in [-0.4, -0.2) is 37.4 Å². The number of fused-ring (bicyclic) bond motifs is 1. The SMILES string of the molecule is CCN1C(=O)C(C#N)=C(C)/C(=C/c2cc3c(nc(-c4c(C)c(F)c(F)c(C)c4F)n3C)n2-c2ccccc2)C1=O. The number of aromatic nitrogens is 3. The third-order valence-corrected chi connectivity index (χ3v) is 7.32. The monoisotopic (exact) mass is 543 g/mol. The number of nitrogens with zero attached hydrogens (tertiary/aromatic N) is 5. The van der Waals surface area contributed by atoms with Gasteiger partial charge in [-0.25, -0.2) is 18.2 Å². The number of rotatable bonds is 4. The zero-order chi connectivity index (χ0) is 29.0. The maximum absolute atomic E-state index is 15.3. The molecule has 3 heterocycles. The first-order valence-corrected chi connectivity index (χ1v) is 12.5. The fourth-order valence-electron chi connectivity index (χ4n) is 5.05. The molecule has 0 aliphatic carbocycles. The van der Waals surface area contributed by atoms with Gasteiger partial charge in [-0.2, -0.15) is 5.26 Å². The number of benzene rings is 2. The Labute approximate surface area is 228 Å². The smallest absolute Gasteiger partial charge is 0.271 e. The molecule has 4 aromatic rings. The van der Waals surface area contributed by atoms with E-state index < -0.39 is 34.8 Å². The Kier molecular flexibility index (Phi) is 6.46. The molecule has 1 aliphatic rings. The maximum Gasteiger partial charge on any atom is 0.271 e. The lowest BCUT2D eigenvalue weighted by Gasteiger charge is -2.26. The fraction of sp³-hybridized carbons (Fsp3) is 0.200. The minimum Gasteiger partial charge on any atom is -0.326 e. The highest BCUT2D eigenvalue weighted by atomic mass is 19.2. The van der Waals surface area contributed by atoms with Gasteiger partial charge >= 0.3 is 0 Å². The molecule has 0 saturated carbocycles. The highest BCUT2D eigenvalue weighted by Crippen LogP contribution is 2.36. The second kappa shape index (κ2) is 9.68. The first kappa shape index (κ1) is 26.7. The molecule has 0 radical (unpaired) electrons. The Morgan fingerprint density at radius 2 is 1.62 bits per heavy atom. The predicted molar refractivity (Wildman–Crippen MR) is 144 cm³/mol. The van der Waals surface area contributed by atoms with Crippen LogP contribution < -0.4 is 0 Å². The van der Waals surface area contributed by atoms with Gasteiger partial charge in [-0.15, -0.1) is 0 Å². The van der Waals surface area contributed by atoms with Crippen LogP contribution in [0.4, 0.5) is 13.2 Å². The zero-order valence-electron chi connectivity index (χ0n) is 22.4. The molecule has 2 aromatic carbocycles. The summed E-state index contributed by atoms with van der Waals surface area (Å²) in [6.07, 6.45) is 1.59. The van der Waals surface area contributed by atoms with Gasteiger partial charge < -0.3 is 4.57 Å². The minimum atomic E-state index is -1.24. The van der Waals surface area contributed by atoms with E-state index in [1.807, 2.05) is 36.4 Å². The maximum atomic E-state index is 15.3. The second-order valence-electron chi connectivity index (χ2n) is 9.53. The first-order chi connectivity index (χ1) is 19.0. The van der Waals surface area contributed by atoms with Gasteiger partial charge in [0.05, 0.1) is 16.8 Å². The van der Waals surface area contributed by atoms with Crippen LogP contribution in [-0.2, 0) is 16.6 Å². The van der Waals surface area contributed by atoms with E-state index in [2.05, 4.69) is 4.98 Å². The molecule has 0 fully saturated rings. The molecule has 0 atom stereocenters. The topological polar surface area (TPSA) is 83.9 Å². The number of nitriles is 1. The fourth-order valence-corrected chi connectivity index (χ4v) is 5.05. The van der Waals surface area contributed by atoms with Crippen molar-refractivity contribution >= 4 is 29.1 Å². The third kappa shape index (κ3) is 3.77. The molecule has 0 spiro atoms. The lowest BCUT2D eigenvalue weighted by Crippen LogP contribution is -2.42. The van der Waals surface area contributed by atoms with E-state index in [0.29, 0.717) is 22.5 Å². The number of imide groups is 1. The number of para-hydroxylation sites is 1. The quantitative estimate of drug-likeness (QED) is 0.188. The average molecular weight is 544 g/mol. The van der Waals surface area contributed by atoms with Crippen molar-refractivity contribution in [3.05, 3.63) is 87.4 Å². The molecule has 40 heavy (non-hydrogen) atoms. The van der Waals surface area contributed by atoms with Crippen LogP contribution in [0.1, 0.15) is 30.7 Å². The second-order valence-corrected chi connectivity index (χ2v) is 9.53. The van der Waals surface area contributed by atoms with E-state index in [4.69, 9.17) is 0 Å². The van der Waals surface area contributed by atoms with Crippen LogP contribution in [0.15, 0.2) is 53.1 Å². The minimum absolute atomic E-state index is 0.0958. The lowest BCUT2D eigenvalue weighted by atomic mass is 9.94.